The highest BCUT2D eigenvalue weighted by atomic mass is 79.9. The molecule has 3 aromatic rings. The second-order valence-electron chi connectivity index (χ2n) is 4.84. The summed E-state index contributed by atoms with van der Waals surface area (Å²) in [7, 11) is 0. The second kappa shape index (κ2) is 7.52. The molecule has 0 saturated heterocycles. The number of hydrogen-bond acceptors (Lipinski definition) is 7. The fourth-order valence-corrected chi connectivity index (χ4v) is 2.75. The Morgan fingerprint density at radius 2 is 1.96 bits per heavy atom. The molecule has 2 heterocycles. The summed E-state index contributed by atoms with van der Waals surface area (Å²) in [4.78, 5) is 20.1. The predicted molar refractivity (Wildman–Crippen MR) is 92.3 cm³/mol. The molecule has 0 radical (unpaired) electrons. The average molecular weight is 407 g/mol. The third-order valence-corrected chi connectivity index (χ3v) is 4.07. The van der Waals surface area contributed by atoms with Gasteiger partial charge in [-0.1, -0.05) is 6.07 Å². The third kappa shape index (κ3) is 3.58. The molecule has 3 rings (SSSR count). The maximum absolute atomic E-state index is 11.7. The van der Waals surface area contributed by atoms with Gasteiger partial charge in [0.15, 0.2) is 5.69 Å². The number of carbonyl (C=O) groups is 1. The van der Waals surface area contributed by atoms with E-state index in [0.29, 0.717) is 34.0 Å². The largest absolute Gasteiger partial charge is 0.464 e. The van der Waals surface area contributed by atoms with E-state index in [0.717, 1.165) is 0 Å². The third-order valence-electron chi connectivity index (χ3n) is 3.22. The van der Waals surface area contributed by atoms with Crippen LogP contribution in [0.2, 0.25) is 0 Å². The first-order valence-electron chi connectivity index (χ1n) is 7.64. The summed E-state index contributed by atoms with van der Waals surface area (Å²) in [6, 6.07) is 5.46. The first kappa shape index (κ1) is 17.2. The highest BCUT2D eigenvalue weighted by Gasteiger charge is 2.19. The van der Waals surface area contributed by atoms with Gasteiger partial charge < -0.3 is 18.3 Å². The smallest absolute Gasteiger partial charge is 0.360 e. The molecule has 0 aliphatic heterocycles. The van der Waals surface area contributed by atoms with Gasteiger partial charge in [0.25, 0.3) is 0 Å². The van der Waals surface area contributed by atoms with E-state index < -0.39 is 5.97 Å². The summed E-state index contributed by atoms with van der Waals surface area (Å²) in [6.07, 6.45) is 2.78. The number of ether oxygens (including phenoxy) is 2. The van der Waals surface area contributed by atoms with Gasteiger partial charge in [0, 0.05) is 4.47 Å². The average Bonchev–Trinajstić information content (AvgIpc) is 3.25. The van der Waals surface area contributed by atoms with E-state index in [1.807, 2.05) is 19.1 Å². The lowest BCUT2D eigenvalue weighted by atomic mass is 10.1. The van der Waals surface area contributed by atoms with Crippen LogP contribution in [0.15, 0.2) is 44.0 Å². The lowest BCUT2D eigenvalue weighted by Gasteiger charge is -2.04. The lowest BCUT2D eigenvalue weighted by molar-refractivity contribution is 0.0519. The Labute approximate surface area is 152 Å². The Bertz CT molecular complexity index is 887. The molecule has 0 N–H and O–H groups in total. The Morgan fingerprint density at radius 3 is 2.68 bits per heavy atom. The maximum Gasteiger partial charge on any atom is 0.360 e. The van der Waals surface area contributed by atoms with E-state index in [1.54, 1.807) is 13.0 Å². The standard InChI is InChI=1S/C17H15BrN2O5/c1-3-22-13-8-19-15(25-13)10-6-5-7-11(14(10)18)16-20-12(9-24-16)17(21)23-4-2/h5-9H,3-4H2,1-2H3. The van der Waals surface area contributed by atoms with Gasteiger partial charge in [-0.15, -0.1) is 0 Å². The zero-order valence-corrected chi connectivity index (χ0v) is 15.2. The maximum atomic E-state index is 11.7. The van der Waals surface area contributed by atoms with Crippen LogP contribution in [0.3, 0.4) is 0 Å². The van der Waals surface area contributed by atoms with E-state index in [-0.39, 0.29) is 18.2 Å². The molecule has 0 amide bonds. The van der Waals surface area contributed by atoms with Crippen LogP contribution in [-0.2, 0) is 4.74 Å². The van der Waals surface area contributed by atoms with Crippen LogP contribution in [0.25, 0.3) is 22.9 Å². The Hall–Kier alpha value is -2.61. The summed E-state index contributed by atoms with van der Waals surface area (Å²) in [5, 5.41) is 0. The van der Waals surface area contributed by atoms with Gasteiger partial charge in [-0.2, -0.15) is 0 Å². The fraction of sp³-hybridized carbons (Fsp3) is 0.235. The molecular weight excluding hydrogens is 392 g/mol. The van der Waals surface area contributed by atoms with Crippen molar-refractivity contribution < 1.29 is 23.1 Å². The van der Waals surface area contributed by atoms with Crippen molar-refractivity contribution in [2.45, 2.75) is 13.8 Å². The minimum atomic E-state index is -0.529. The number of hydrogen-bond donors (Lipinski definition) is 0. The summed E-state index contributed by atoms with van der Waals surface area (Å²) in [5.74, 6) is 0.497. The number of esters is 1. The predicted octanol–water partition coefficient (Wildman–Crippen LogP) is 4.33. The molecule has 1 aromatic carbocycles. The zero-order valence-electron chi connectivity index (χ0n) is 13.6. The summed E-state index contributed by atoms with van der Waals surface area (Å²) < 4.78 is 21.9. The van der Waals surface area contributed by atoms with E-state index in [2.05, 4.69) is 25.9 Å². The van der Waals surface area contributed by atoms with Crippen molar-refractivity contribution in [1.82, 2.24) is 9.97 Å². The Morgan fingerprint density at radius 1 is 1.20 bits per heavy atom. The summed E-state index contributed by atoms with van der Waals surface area (Å²) in [5.41, 5.74) is 1.48. The van der Waals surface area contributed by atoms with Gasteiger partial charge in [-0.3, -0.25) is 0 Å². The Balaban J connectivity index is 1.94. The van der Waals surface area contributed by atoms with Crippen molar-refractivity contribution in [2.75, 3.05) is 13.2 Å². The molecule has 2 aromatic heterocycles. The topological polar surface area (TPSA) is 87.6 Å². The number of halogens is 1. The van der Waals surface area contributed by atoms with E-state index in [4.69, 9.17) is 18.3 Å². The van der Waals surface area contributed by atoms with Gasteiger partial charge in [0.05, 0.1) is 24.3 Å². The normalized spacial score (nSPS) is 10.7. The van der Waals surface area contributed by atoms with Crippen LogP contribution in [0.4, 0.5) is 0 Å². The monoisotopic (exact) mass is 406 g/mol. The van der Waals surface area contributed by atoms with Crippen molar-refractivity contribution in [3.63, 3.8) is 0 Å². The first-order chi connectivity index (χ1) is 12.1. The SMILES string of the molecule is CCOC(=O)c1coc(-c2cccc(-c3ncc(OCC)o3)c2Br)n1. The molecular formula is C17H15BrN2O5. The van der Waals surface area contributed by atoms with Gasteiger partial charge in [-0.25, -0.2) is 14.8 Å². The van der Waals surface area contributed by atoms with Gasteiger partial charge >= 0.3 is 11.9 Å². The van der Waals surface area contributed by atoms with Crippen molar-refractivity contribution in [2.24, 2.45) is 0 Å². The number of rotatable bonds is 6. The number of aromatic nitrogens is 2. The van der Waals surface area contributed by atoms with Crippen molar-refractivity contribution in [3.8, 4) is 28.9 Å². The molecule has 0 aliphatic carbocycles. The fourth-order valence-electron chi connectivity index (χ4n) is 2.15. The van der Waals surface area contributed by atoms with Crippen LogP contribution >= 0.6 is 15.9 Å². The van der Waals surface area contributed by atoms with Crippen molar-refractivity contribution in [3.05, 3.63) is 40.8 Å². The van der Waals surface area contributed by atoms with Gasteiger partial charge in [-0.05, 0) is 41.9 Å². The Kier molecular flexibility index (Phi) is 5.18. The van der Waals surface area contributed by atoms with Crippen LogP contribution in [0.5, 0.6) is 5.95 Å². The van der Waals surface area contributed by atoms with Gasteiger partial charge in [0.1, 0.15) is 12.5 Å². The quantitative estimate of drug-likeness (QED) is 0.562. The van der Waals surface area contributed by atoms with Crippen molar-refractivity contribution in [1.29, 1.82) is 0 Å². The highest BCUT2D eigenvalue weighted by Crippen LogP contribution is 2.36. The molecule has 0 aliphatic rings. The molecule has 0 atom stereocenters. The summed E-state index contributed by atoms with van der Waals surface area (Å²) >= 11 is 3.52. The van der Waals surface area contributed by atoms with E-state index >= 15 is 0 Å². The van der Waals surface area contributed by atoms with Crippen LogP contribution in [0.1, 0.15) is 24.3 Å². The molecule has 8 heteroatoms. The minimum Gasteiger partial charge on any atom is -0.464 e. The molecule has 0 bridgehead atoms. The van der Waals surface area contributed by atoms with E-state index in [9.17, 15) is 4.79 Å². The number of oxazole rings is 2. The van der Waals surface area contributed by atoms with Crippen LogP contribution in [-0.4, -0.2) is 29.2 Å². The number of nitrogens with zero attached hydrogens (tertiary/aromatic N) is 2. The molecule has 130 valence electrons. The molecule has 0 unspecified atom stereocenters. The number of benzene rings is 1. The molecule has 0 saturated carbocycles. The first-order valence-corrected chi connectivity index (χ1v) is 8.43. The molecule has 0 spiro atoms. The molecule has 0 fully saturated rings. The van der Waals surface area contributed by atoms with Gasteiger partial charge in [0.2, 0.25) is 11.8 Å². The van der Waals surface area contributed by atoms with Crippen molar-refractivity contribution >= 4 is 21.9 Å². The van der Waals surface area contributed by atoms with Crippen LogP contribution in [0, 0.1) is 0 Å². The van der Waals surface area contributed by atoms with E-state index in [1.165, 1.54) is 12.5 Å². The molecule has 7 nitrogen and oxygen atoms in total. The minimum absolute atomic E-state index is 0.115. The second-order valence-corrected chi connectivity index (χ2v) is 5.64. The summed E-state index contributed by atoms with van der Waals surface area (Å²) in [6.45, 7) is 4.35. The zero-order chi connectivity index (χ0) is 17.8. The lowest BCUT2D eigenvalue weighted by Crippen LogP contribution is -2.04. The number of carbonyl (C=O) groups excluding carboxylic acids is 1. The molecule has 25 heavy (non-hydrogen) atoms. The van der Waals surface area contributed by atoms with Crippen LogP contribution < -0.4 is 4.74 Å². The highest BCUT2D eigenvalue weighted by molar-refractivity contribution is 9.10.